The molecule has 39 heavy (non-hydrogen) atoms. The monoisotopic (exact) mass is 569 g/mol. The fourth-order valence-electron chi connectivity index (χ4n) is 4.34. The molecule has 5 rings (SSSR count). The third kappa shape index (κ3) is 5.20. The molecule has 1 aromatic carbocycles. The molecule has 1 saturated heterocycles. The molecule has 0 spiro atoms. The number of hydrogen-bond donors (Lipinski definition) is 2. The minimum atomic E-state index is -0.279. The van der Waals surface area contributed by atoms with E-state index in [9.17, 15) is 4.79 Å². The molecule has 2 atom stereocenters. The highest BCUT2D eigenvalue weighted by atomic mass is 35.5. The highest BCUT2D eigenvalue weighted by molar-refractivity contribution is 6.41. The summed E-state index contributed by atoms with van der Waals surface area (Å²) in [5.41, 5.74) is 2.80. The Balaban J connectivity index is 1.63. The molecule has 202 valence electrons. The number of anilines is 1. The van der Waals surface area contributed by atoms with Gasteiger partial charge in [0.05, 0.1) is 61.5 Å². The van der Waals surface area contributed by atoms with E-state index in [4.69, 9.17) is 47.4 Å². The molecule has 3 aromatic heterocycles. The van der Waals surface area contributed by atoms with Crippen LogP contribution < -0.4 is 20.1 Å². The lowest BCUT2D eigenvalue weighted by Gasteiger charge is -2.20. The Morgan fingerprint density at radius 1 is 1.13 bits per heavy atom. The SMILES string of the molecule is C=CC(=O)N[C@H]1COC[C@H]1Nc1ncc2cc(-c3c(Cl)c(OC)cc(OC)c3Cl)nc(-c3cnn(C)c3)c2n1. The Morgan fingerprint density at radius 2 is 1.85 bits per heavy atom. The lowest BCUT2D eigenvalue weighted by molar-refractivity contribution is -0.117. The number of amides is 1. The Bertz CT molecular complexity index is 1550. The van der Waals surface area contributed by atoms with Crippen LogP contribution in [-0.4, -0.2) is 70.2 Å². The number of nitrogens with one attached hydrogen (secondary N) is 2. The molecule has 0 aliphatic carbocycles. The first kappa shape index (κ1) is 26.7. The van der Waals surface area contributed by atoms with Crippen molar-refractivity contribution in [1.29, 1.82) is 0 Å². The maximum atomic E-state index is 11.8. The molecule has 1 aliphatic heterocycles. The van der Waals surface area contributed by atoms with Crippen molar-refractivity contribution in [3.8, 4) is 34.0 Å². The number of methoxy groups -OCH3 is 2. The second kappa shape index (κ2) is 11.0. The topological polar surface area (TPSA) is 125 Å². The van der Waals surface area contributed by atoms with Crippen molar-refractivity contribution in [2.45, 2.75) is 12.1 Å². The van der Waals surface area contributed by atoms with Gasteiger partial charge < -0.3 is 24.8 Å². The first-order valence-corrected chi connectivity index (χ1v) is 12.6. The lowest BCUT2D eigenvalue weighted by Crippen LogP contribution is -2.45. The maximum Gasteiger partial charge on any atom is 0.243 e. The van der Waals surface area contributed by atoms with E-state index in [1.54, 1.807) is 29.2 Å². The molecule has 0 bridgehead atoms. The molecular weight excluding hydrogens is 545 g/mol. The Morgan fingerprint density at radius 3 is 2.49 bits per heavy atom. The fourth-order valence-corrected chi connectivity index (χ4v) is 5.03. The van der Waals surface area contributed by atoms with E-state index in [1.165, 1.54) is 20.3 Å². The third-order valence-electron chi connectivity index (χ3n) is 6.28. The lowest BCUT2D eigenvalue weighted by atomic mass is 10.1. The minimum Gasteiger partial charge on any atom is -0.495 e. The van der Waals surface area contributed by atoms with Crippen LogP contribution in [0.4, 0.5) is 5.95 Å². The van der Waals surface area contributed by atoms with Gasteiger partial charge in [0.25, 0.3) is 0 Å². The van der Waals surface area contributed by atoms with Gasteiger partial charge in [0, 0.05) is 42.0 Å². The first-order chi connectivity index (χ1) is 18.8. The normalized spacial score (nSPS) is 16.7. The smallest absolute Gasteiger partial charge is 0.243 e. The van der Waals surface area contributed by atoms with E-state index in [0.29, 0.717) is 68.6 Å². The number of hydrogen-bond acceptors (Lipinski definition) is 9. The minimum absolute atomic E-state index is 0.234. The number of carbonyl (C=O) groups is 1. The van der Waals surface area contributed by atoms with Crippen LogP contribution >= 0.6 is 23.2 Å². The number of fused-ring (bicyclic) bond motifs is 1. The predicted molar refractivity (Wildman–Crippen MR) is 148 cm³/mol. The summed E-state index contributed by atoms with van der Waals surface area (Å²) >= 11 is 13.4. The van der Waals surface area contributed by atoms with E-state index < -0.39 is 0 Å². The predicted octanol–water partition coefficient (Wildman–Crippen LogP) is 3.90. The van der Waals surface area contributed by atoms with Crippen LogP contribution in [0.2, 0.25) is 10.0 Å². The molecule has 1 aliphatic rings. The average molecular weight is 570 g/mol. The van der Waals surface area contributed by atoms with Crippen molar-refractivity contribution in [3.63, 3.8) is 0 Å². The van der Waals surface area contributed by atoms with Crippen molar-refractivity contribution in [2.75, 3.05) is 32.8 Å². The van der Waals surface area contributed by atoms with Gasteiger partial charge in [-0.15, -0.1) is 0 Å². The van der Waals surface area contributed by atoms with Gasteiger partial charge in [0.1, 0.15) is 22.7 Å². The quantitative estimate of drug-likeness (QED) is 0.304. The summed E-state index contributed by atoms with van der Waals surface area (Å²) in [7, 11) is 4.84. The zero-order valence-electron chi connectivity index (χ0n) is 21.4. The maximum absolute atomic E-state index is 11.8. The van der Waals surface area contributed by atoms with Crippen molar-refractivity contribution in [1.82, 2.24) is 30.0 Å². The molecule has 11 nitrogen and oxygen atoms in total. The van der Waals surface area contributed by atoms with Crippen LogP contribution in [0.3, 0.4) is 0 Å². The van der Waals surface area contributed by atoms with Crippen molar-refractivity contribution < 1.29 is 19.0 Å². The molecule has 0 radical (unpaired) electrons. The molecule has 1 fully saturated rings. The summed E-state index contributed by atoms with van der Waals surface area (Å²) < 4.78 is 18.1. The number of rotatable bonds is 8. The van der Waals surface area contributed by atoms with Gasteiger partial charge in [0.2, 0.25) is 11.9 Å². The highest BCUT2D eigenvalue weighted by Gasteiger charge is 2.30. The van der Waals surface area contributed by atoms with E-state index in [1.807, 2.05) is 13.2 Å². The van der Waals surface area contributed by atoms with Crippen LogP contribution in [0, 0.1) is 0 Å². The number of benzene rings is 1. The number of carbonyl (C=O) groups excluding carboxylic acids is 1. The second-order valence-electron chi connectivity index (χ2n) is 8.78. The first-order valence-electron chi connectivity index (χ1n) is 11.9. The van der Waals surface area contributed by atoms with Crippen LogP contribution in [0.25, 0.3) is 33.4 Å². The molecule has 0 saturated carbocycles. The molecule has 4 aromatic rings. The van der Waals surface area contributed by atoms with E-state index in [-0.39, 0.29) is 18.0 Å². The molecule has 1 amide bonds. The molecular formula is C26H25Cl2N7O4. The summed E-state index contributed by atoms with van der Waals surface area (Å²) in [5, 5.41) is 11.7. The van der Waals surface area contributed by atoms with Crippen molar-refractivity contribution >= 4 is 46.0 Å². The summed E-state index contributed by atoms with van der Waals surface area (Å²) in [6.07, 6.45) is 6.44. The van der Waals surface area contributed by atoms with Crippen LogP contribution in [0.15, 0.2) is 43.4 Å². The number of aryl methyl sites for hydroxylation is 1. The van der Waals surface area contributed by atoms with E-state index in [0.717, 1.165) is 5.56 Å². The van der Waals surface area contributed by atoms with Crippen LogP contribution in [0.1, 0.15) is 0 Å². The molecule has 0 unspecified atom stereocenters. The summed E-state index contributed by atoms with van der Waals surface area (Å²) in [6, 6.07) is 2.93. The van der Waals surface area contributed by atoms with Crippen molar-refractivity contribution in [2.24, 2.45) is 7.05 Å². The van der Waals surface area contributed by atoms with Crippen molar-refractivity contribution in [3.05, 3.63) is 53.4 Å². The zero-order valence-corrected chi connectivity index (χ0v) is 22.9. The van der Waals surface area contributed by atoms with Crippen LogP contribution in [0.5, 0.6) is 11.5 Å². The van der Waals surface area contributed by atoms with E-state index in [2.05, 4.69) is 27.3 Å². The largest absolute Gasteiger partial charge is 0.495 e. The third-order valence-corrected chi connectivity index (χ3v) is 7.03. The standard InChI is InChI=1S/C26H25Cl2N7O4/c1-5-20(36)31-16-11-39-12-17(16)33-26-29-8-13-6-15(21-22(27)18(37-3)7-19(38-4)23(21)28)32-25(24(13)34-26)14-9-30-35(2)10-14/h5-10,16-17H,1,11-12H2,2-4H3,(H,31,36)(H,29,33,34)/t16-,17+/m0/s1. The number of nitrogens with zero attached hydrogens (tertiary/aromatic N) is 5. The molecule has 4 heterocycles. The van der Waals surface area contributed by atoms with Gasteiger partial charge in [0.15, 0.2) is 0 Å². The van der Waals surface area contributed by atoms with Gasteiger partial charge >= 0.3 is 0 Å². The summed E-state index contributed by atoms with van der Waals surface area (Å²) in [6.45, 7) is 4.25. The molecule has 13 heteroatoms. The van der Waals surface area contributed by atoms with Gasteiger partial charge in [-0.05, 0) is 12.1 Å². The van der Waals surface area contributed by atoms with Crippen LogP contribution in [-0.2, 0) is 16.6 Å². The summed E-state index contributed by atoms with van der Waals surface area (Å²) in [4.78, 5) is 26.0. The number of halogens is 2. The highest BCUT2D eigenvalue weighted by Crippen LogP contribution is 2.46. The number of aromatic nitrogens is 5. The van der Waals surface area contributed by atoms with Gasteiger partial charge in [-0.1, -0.05) is 29.8 Å². The number of ether oxygens (including phenoxy) is 3. The van der Waals surface area contributed by atoms with Gasteiger partial charge in [-0.3, -0.25) is 9.48 Å². The van der Waals surface area contributed by atoms with Gasteiger partial charge in [-0.25, -0.2) is 15.0 Å². The summed E-state index contributed by atoms with van der Waals surface area (Å²) in [5.74, 6) is 0.865. The Kier molecular flexibility index (Phi) is 7.56. The molecule has 2 N–H and O–H groups in total. The number of pyridine rings is 1. The second-order valence-corrected chi connectivity index (χ2v) is 9.54. The Hall–Kier alpha value is -3.93. The average Bonchev–Trinajstić information content (AvgIpc) is 3.56. The Labute approximate surface area is 234 Å². The zero-order chi connectivity index (χ0) is 27.7. The van der Waals surface area contributed by atoms with E-state index >= 15 is 0 Å². The fraction of sp³-hybridized carbons (Fsp3) is 0.269. The van der Waals surface area contributed by atoms with Gasteiger partial charge in [-0.2, -0.15) is 5.10 Å².